The molecule has 2 bridgehead atoms. The van der Waals surface area contributed by atoms with Crippen molar-refractivity contribution in [2.45, 2.75) is 110 Å². The summed E-state index contributed by atoms with van der Waals surface area (Å²) < 4.78 is 44.8. The van der Waals surface area contributed by atoms with Crippen LogP contribution in [0.5, 0.6) is 5.75 Å². The highest BCUT2D eigenvalue weighted by atomic mass is 32.2. The molecule has 4 fully saturated rings. The van der Waals surface area contributed by atoms with Gasteiger partial charge in [-0.15, -0.1) is 0 Å². The third-order valence-corrected chi connectivity index (χ3v) is 9.28. The molecule has 12 heteroatoms. The molecule has 1 N–H and O–H groups in total. The normalized spacial score (nSPS) is 26.6. The third-order valence-electron chi connectivity index (χ3n) is 8.73. The van der Waals surface area contributed by atoms with Crippen molar-refractivity contribution >= 4 is 36.9 Å². The van der Waals surface area contributed by atoms with Gasteiger partial charge in [0.05, 0.1) is 23.4 Å². The van der Waals surface area contributed by atoms with E-state index >= 15 is 4.39 Å². The minimum Gasteiger partial charge on any atom is -0.456 e. The van der Waals surface area contributed by atoms with Crippen molar-refractivity contribution in [1.29, 1.82) is 0 Å². The van der Waals surface area contributed by atoms with Gasteiger partial charge in [0, 0.05) is 0 Å². The number of esters is 1. The summed E-state index contributed by atoms with van der Waals surface area (Å²) in [5.41, 5.74) is -2.52. The zero-order valence-electron chi connectivity index (χ0n) is 26.9. The number of carbonyl (C=O) groups excluding carboxylic acids is 3. The minimum atomic E-state index is -1.11. The van der Waals surface area contributed by atoms with Gasteiger partial charge in [0.1, 0.15) is 22.6 Å². The molecule has 1 saturated heterocycles. The molecule has 1 aromatic rings. The molecule has 3 saturated carbocycles. The zero-order valence-corrected chi connectivity index (χ0v) is 27.7. The van der Waals surface area contributed by atoms with Crippen LogP contribution in [0.2, 0.25) is 0 Å². The summed E-state index contributed by atoms with van der Waals surface area (Å²) in [5.74, 6) is -2.20. The van der Waals surface area contributed by atoms with Gasteiger partial charge in [0.25, 0.3) is 0 Å². The standard InChI is InChI=1S/C31H45BFNO8S/c1-28(2,3)39-26(36)24-19(33)12-11-17(25(24)38-27(37)40-29(4,5)6)13-22(34-23(35)16-43-10)32-41-21-15-18-14-20(30(18,7)8)31(21,9)42-32/h11-12,18,20-22H,13-16H2,1-10H3,(H,34,35)/t18-,20-,21?,22-,31-/m0/s1. The van der Waals surface area contributed by atoms with Crippen molar-refractivity contribution in [3.05, 3.63) is 29.1 Å². The number of amides is 1. The molecule has 1 unspecified atom stereocenters. The number of nitrogens with one attached hydrogen (secondary N) is 1. The summed E-state index contributed by atoms with van der Waals surface area (Å²) in [7, 11) is -0.819. The Morgan fingerprint density at radius 3 is 2.33 bits per heavy atom. The van der Waals surface area contributed by atoms with E-state index in [0.29, 0.717) is 11.8 Å². The second-order valence-electron chi connectivity index (χ2n) is 14.6. The van der Waals surface area contributed by atoms with E-state index < -0.39 is 53.4 Å². The number of thioether (sulfide) groups is 1. The monoisotopic (exact) mass is 621 g/mol. The van der Waals surface area contributed by atoms with Crippen LogP contribution in [0.3, 0.4) is 0 Å². The van der Waals surface area contributed by atoms with E-state index in [1.165, 1.54) is 17.8 Å². The van der Waals surface area contributed by atoms with Crippen molar-refractivity contribution in [3.63, 3.8) is 0 Å². The molecule has 43 heavy (non-hydrogen) atoms. The van der Waals surface area contributed by atoms with Crippen LogP contribution >= 0.6 is 11.8 Å². The fourth-order valence-corrected chi connectivity index (χ4v) is 7.00. The molecule has 4 aliphatic rings. The van der Waals surface area contributed by atoms with Crippen LogP contribution in [0.1, 0.15) is 91.1 Å². The van der Waals surface area contributed by atoms with Crippen molar-refractivity contribution in [3.8, 4) is 5.75 Å². The smallest absolute Gasteiger partial charge is 0.456 e. The predicted molar refractivity (Wildman–Crippen MR) is 163 cm³/mol. The van der Waals surface area contributed by atoms with Gasteiger partial charge in [0.2, 0.25) is 5.91 Å². The van der Waals surface area contributed by atoms with Crippen molar-refractivity contribution in [2.24, 2.45) is 17.3 Å². The lowest BCUT2D eigenvalue weighted by Crippen LogP contribution is -2.65. The van der Waals surface area contributed by atoms with E-state index in [2.05, 4.69) is 26.1 Å². The molecule has 238 valence electrons. The zero-order chi connectivity index (χ0) is 32.1. The third kappa shape index (κ3) is 7.17. The minimum absolute atomic E-state index is 0.0132. The average Bonchev–Trinajstić information content (AvgIpc) is 3.20. The number of carbonyl (C=O) groups is 3. The topological polar surface area (TPSA) is 109 Å². The van der Waals surface area contributed by atoms with Gasteiger partial charge in [-0.3, -0.25) is 4.79 Å². The Bertz CT molecular complexity index is 1260. The Balaban J connectivity index is 1.71. The molecule has 5 rings (SSSR count). The van der Waals surface area contributed by atoms with E-state index in [9.17, 15) is 14.4 Å². The maximum absolute atomic E-state index is 15.3. The number of hydrogen-bond acceptors (Lipinski definition) is 9. The van der Waals surface area contributed by atoms with Gasteiger partial charge in [-0.05, 0) is 103 Å². The van der Waals surface area contributed by atoms with Crippen LogP contribution in [0.15, 0.2) is 12.1 Å². The van der Waals surface area contributed by atoms with Crippen molar-refractivity contribution in [2.75, 3.05) is 12.0 Å². The van der Waals surface area contributed by atoms with Crippen LogP contribution in [0.4, 0.5) is 9.18 Å². The first-order valence-electron chi connectivity index (χ1n) is 14.8. The number of rotatable bonds is 8. The van der Waals surface area contributed by atoms with Crippen LogP contribution in [-0.2, 0) is 30.0 Å². The van der Waals surface area contributed by atoms with Gasteiger partial charge < -0.3 is 28.8 Å². The van der Waals surface area contributed by atoms with Gasteiger partial charge in [-0.1, -0.05) is 19.9 Å². The van der Waals surface area contributed by atoms with Crippen LogP contribution < -0.4 is 10.1 Å². The number of halogens is 1. The fourth-order valence-electron chi connectivity index (χ4n) is 6.66. The summed E-state index contributed by atoms with van der Waals surface area (Å²) in [6.45, 7) is 16.5. The van der Waals surface area contributed by atoms with E-state index in [1.54, 1.807) is 41.5 Å². The molecule has 3 aliphatic carbocycles. The molecule has 0 spiro atoms. The summed E-state index contributed by atoms with van der Waals surface area (Å²) in [4.78, 5) is 38.9. The van der Waals surface area contributed by atoms with Crippen LogP contribution in [0.25, 0.3) is 0 Å². The quantitative estimate of drug-likeness (QED) is 0.220. The van der Waals surface area contributed by atoms with Crippen LogP contribution in [0, 0.1) is 23.1 Å². The molecule has 5 atom stereocenters. The molecule has 1 amide bonds. The Kier molecular flexibility index (Phi) is 9.29. The van der Waals surface area contributed by atoms with Gasteiger partial charge >= 0.3 is 19.2 Å². The van der Waals surface area contributed by atoms with Gasteiger partial charge in [-0.2, -0.15) is 11.8 Å². The van der Waals surface area contributed by atoms with Gasteiger partial charge in [0.15, 0.2) is 5.75 Å². The van der Waals surface area contributed by atoms with E-state index in [1.807, 2.05) is 6.26 Å². The Morgan fingerprint density at radius 1 is 1.09 bits per heavy atom. The lowest BCUT2D eigenvalue weighted by molar-refractivity contribution is -0.199. The largest absolute Gasteiger partial charge is 0.514 e. The first-order valence-corrected chi connectivity index (χ1v) is 16.2. The van der Waals surface area contributed by atoms with Crippen LogP contribution in [-0.4, -0.2) is 66.0 Å². The first kappa shape index (κ1) is 33.6. The SMILES string of the molecule is CSCC(=O)N[C@@H](Cc1ccc(F)c(C(=O)OC(C)(C)C)c1OC(=O)OC(C)(C)C)B1OC2C[C@@H]3C[C@@H](C3(C)C)[C@]2(C)O1. The summed E-state index contributed by atoms with van der Waals surface area (Å²) >= 11 is 1.37. The molecule has 9 nitrogen and oxygen atoms in total. The molecule has 0 radical (unpaired) electrons. The van der Waals surface area contributed by atoms with E-state index in [-0.39, 0.29) is 40.9 Å². The highest BCUT2D eigenvalue weighted by Gasteiger charge is 2.68. The second-order valence-corrected chi connectivity index (χ2v) is 15.5. The van der Waals surface area contributed by atoms with E-state index in [4.69, 9.17) is 23.5 Å². The molecule has 1 aromatic carbocycles. The summed E-state index contributed by atoms with van der Waals surface area (Å²) in [6.07, 6.45) is 2.50. The number of hydrogen-bond donors (Lipinski definition) is 1. The number of ether oxygens (including phenoxy) is 3. The Labute approximate surface area is 258 Å². The molecular weight excluding hydrogens is 576 g/mol. The fraction of sp³-hybridized carbons (Fsp3) is 0.710. The Morgan fingerprint density at radius 2 is 1.74 bits per heavy atom. The van der Waals surface area contributed by atoms with Gasteiger partial charge in [-0.25, -0.2) is 14.0 Å². The van der Waals surface area contributed by atoms with E-state index in [0.717, 1.165) is 18.9 Å². The number of benzene rings is 1. The Hall–Kier alpha value is -2.31. The molecule has 1 heterocycles. The lowest BCUT2D eigenvalue weighted by atomic mass is 9.43. The van der Waals surface area contributed by atoms with Crippen molar-refractivity contribution in [1.82, 2.24) is 5.32 Å². The first-order chi connectivity index (χ1) is 19.7. The summed E-state index contributed by atoms with van der Waals surface area (Å²) in [6, 6.07) is 2.53. The van der Waals surface area contributed by atoms with Crippen molar-refractivity contribution < 1.29 is 42.3 Å². The highest BCUT2D eigenvalue weighted by Crippen LogP contribution is 2.65. The highest BCUT2D eigenvalue weighted by molar-refractivity contribution is 7.99. The maximum atomic E-state index is 15.3. The molecular formula is C31H45BFNO8S. The summed E-state index contributed by atoms with van der Waals surface area (Å²) in [5, 5.41) is 3.01. The maximum Gasteiger partial charge on any atom is 0.514 e. The average molecular weight is 622 g/mol. The molecule has 1 aliphatic heterocycles. The lowest BCUT2D eigenvalue weighted by Gasteiger charge is -2.64. The predicted octanol–water partition coefficient (Wildman–Crippen LogP) is 5.75. The second kappa shape index (κ2) is 11.9. The molecule has 0 aromatic heterocycles.